The van der Waals surface area contributed by atoms with Gasteiger partial charge in [-0.2, -0.15) is 5.10 Å². The van der Waals surface area contributed by atoms with Crippen molar-refractivity contribution in [2.24, 2.45) is 0 Å². The number of phenols is 1. The first-order chi connectivity index (χ1) is 11.6. The Bertz CT molecular complexity index is 866. The third kappa shape index (κ3) is 2.29. The highest BCUT2D eigenvalue weighted by atomic mass is 16.3. The van der Waals surface area contributed by atoms with Gasteiger partial charge in [0, 0.05) is 17.5 Å². The van der Waals surface area contributed by atoms with E-state index in [-0.39, 0.29) is 6.04 Å². The van der Waals surface area contributed by atoms with Crippen molar-refractivity contribution >= 4 is 10.9 Å². The number of hydrogen-bond donors (Lipinski definition) is 2. The molecule has 0 aliphatic carbocycles. The number of rotatable bonds is 2. The minimum Gasteiger partial charge on any atom is -0.508 e. The topological polar surface area (TPSA) is 52.1 Å². The third-order valence-electron chi connectivity index (χ3n) is 5.18. The summed E-state index contributed by atoms with van der Waals surface area (Å²) >= 11 is 0. The summed E-state index contributed by atoms with van der Waals surface area (Å²) in [6.07, 6.45) is 2.97. The summed E-state index contributed by atoms with van der Waals surface area (Å²) in [6, 6.07) is 13.1. The molecule has 0 amide bonds. The van der Waals surface area contributed by atoms with E-state index >= 15 is 0 Å². The summed E-state index contributed by atoms with van der Waals surface area (Å²) in [5.74, 6) is 0.309. The van der Waals surface area contributed by atoms with Crippen molar-refractivity contribution in [1.82, 2.24) is 15.1 Å². The first-order valence-electron chi connectivity index (χ1n) is 8.57. The van der Waals surface area contributed by atoms with Crippen LogP contribution in [0.4, 0.5) is 0 Å². The smallest absolute Gasteiger partial charge is 0.115 e. The van der Waals surface area contributed by atoms with E-state index in [1.807, 2.05) is 18.3 Å². The van der Waals surface area contributed by atoms with Crippen LogP contribution in [0.3, 0.4) is 0 Å². The van der Waals surface area contributed by atoms with Gasteiger partial charge in [0.25, 0.3) is 0 Å². The quantitative estimate of drug-likeness (QED) is 0.750. The van der Waals surface area contributed by atoms with E-state index in [1.54, 1.807) is 12.1 Å². The summed E-state index contributed by atoms with van der Waals surface area (Å²) < 4.78 is 0. The molecule has 0 saturated heterocycles. The average molecular weight is 321 g/mol. The molecule has 1 aliphatic rings. The first-order valence-corrected chi connectivity index (χ1v) is 8.57. The van der Waals surface area contributed by atoms with Crippen LogP contribution in [-0.2, 0) is 6.42 Å². The van der Waals surface area contributed by atoms with Crippen LogP contribution in [0, 0.1) is 0 Å². The second-order valence-electron chi connectivity index (χ2n) is 7.05. The van der Waals surface area contributed by atoms with Crippen molar-refractivity contribution in [3.05, 3.63) is 59.3 Å². The lowest BCUT2D eigenvalue weighted by atomic mass is 9.83. The van der Waals surface area contributed by atoms with Gasteiger partial charge >= 0.3 is 0 Å². The molecule has 0 saturated carbocycles. The lowest BCUT2D eigenvalue weighted by molar-refractivity contribution is 0.111. The maximum Gasteiger partial charge on any atom is 0.115 e. The predicted octanol–water partition coefficient (Wildman–Crippen LogP) is 4.01. The van der Waals surface area contributed by atoms with Crippen LogP contribution >= 0.6 is 0 Å². The number of fused-ring (bicyclic) bond motifs is 3. The van der Waals surface area contributed by atoms with Crippen LogP contribution in [0.1, 0.15) is 43.5 Å². The zero-order chi connectivity index (χ0) is 16.8. The van der Waals surface area contributed by atoms with Gasteiger partial charge in [-0.15, -0.1) is 0 Å². The largest absolute Gasteiger partial charge is 0.508 e. The van der Waals surface area contributed by atoms with Gasteiger partial charge in [-0.25, -0.2) is 0 Å². The Hall–Kier alpha value is -2.33. The number of aromatic nitrogens is 2. The number of nitrogens with zero attached hydrogens (tertiary/aromatic N) is 2. The number of aromatic amines is 1. The Morgan fingerprint density at radius 3 is 2.62 bits per heavy atom. The maximum absolute atomic E-state index is 9.66. The Balaban J connectivity index is 1.94. The molecule has 2 atom stereocenters. The van der Waals surface area contributed by atoms with Gasteiger partial charge in [0.2, 0.25) is 0 Å². The molecule has 0 bridgehead atoms. The number of phenolic OH excluding ortho intramolecular Hbond substituents is 1. The van der Waals surface area contributed by atoms with Gasteiger partial charge in [-0.05, 0) is 62.1 Å². The van der Waals surface area contributed by atoms with E-state index < -0.39 is 0 Å². The minimum atomic E-state index is 0.198. The summed E-state index contributed by atoms with van der Waals surface area (Å²) in [4.78, 5) is 2.57. The Morgan fingerprint density at radius 2 is 1.92 bits per heavy atom. The lowest BCUT2D eigenvalue weighted by Crippen LogP contribution is -2.46. The van der Waals surface area contributed by atoms with Gasteiger partial charge in [0.1, 0.15) is 5.75 Å². The van der Waals surface area contributed by atoms with E-state index in [0.29, 0.717) is 17.8 Å². The molecule has 0 spiro atoms. The minimum absolute atomic E-state index is 0.198. The molecule has 124 valence electrons. The Kier molecular flexibility index (Phi) is 3.57. The summed E-state index contributed by atoms with van der Waals surface area (Å²) in [6.45, 7) is 6.81. The summed E-state index contributed by atoms with van der Waals surface area (Å²) in [7, 11) is 0. The molecular formula is C20H23N3O. The number of benzene rings is 2. The summed E-state index contributed by atoms with van der Waals surface area (Å²) in [5.41, 5.74) is 5.06. The van der Waals surface area contributed by atoms with Crippen LogP contribution in [0.15, 0.2) is 42.6 Å². The van der Waals surface area contributed by atoms with Crippen LogP contribution in [-0.4, -0.2) is 32.3 Å². The standard InChI is InChI=1S/C20H23N3O/c1-12(2)23-13(3)10-17-16(8-9-19-18(17)11-21-22-19)20(23)14-4-6-15(24)7-5-14/h4-9,11-13,20,24H,10H2,1-3H3,(H,21,22)/t13-,20-/m1/s1. The third-order valence-corrected chi connectivity index (χ3v) is 5.18. The number of nitrogens with one attached hydrogen (secondary N) is 1. The van der Waals surface area contributed by atoms with Crippen LogP contribution in [0.2, 0.25) is 0 Å². The van der Waals surface area contributed by atoms with Crippen LogP contribution in [0.5, 0.6) is 5.75 Å². The SMILES string of the molecule is CC(C)N1[C@H](c2ccc(O)cc2)c2ccc3[nH]ncc3c2C[C@H]1C. The lowest BCUT2D eigenvalue weighted by Gasteiger charge is -2.45. The van der Waals surface area contributed by atoms with Crippen LogP contribution < -0.4 is 0 Å². The fourth-order valence-electron chi connectivity index (χ4n) is 4.21. The number of H-pyrrole nitrogens is 1. The molecular weight excluding hydrogens is 298 g/mol. The highest BCUT2D eigenvalue weighted by molar-refractivity contribution is 5.83. The van der Waals surface area contributed by atoms with Gasteiger partial charge in [0.15, 0.2) is 0 Å². The molecule has 24 heavy (non-hydrogen) atoms. The second kappa shape index (κ2) is 5.64. The molecule has 3 aromatic rings. The van der Waals surface area contributed by atoms with E-state index in [9.17, 15) is 5.11 Å². The fraction of sp³-hybridized carbons (Fsp3) is 0.350. The average Bonchev–Trinajstić information content (AvgIpc) is 3.03. The monoisotopic (exact) mass is 321 g/mol. The molecule has 4 rings (SSSR count). The van der Waals surface area contributed by atoms with E-state index in [1.165, 1.54) is 22.1 Å². The molecule has 2 aromatic carbocycles. The van der Waals surface area contributed by atoms with E-state index in [0.717, 1.165) is 11.9 Å². The van der Waals surface area contributed by atoms with Crippen molar-refractivity contribution in [1.29, 1.82) is 0 Å². The van der Waals surface area contributed by atoms with Crippen molar-refractivity contribution < 1.29 is 5.11 Å². The van der Waals surface area contributed by atoms with Crippen molar-refractivity contribution in [3.63, 3.8) is 0 Å². The van der Waals surface area contributed by atoms with Gasteiger partial charge in [0.05, 0.1) is 17.8 Å². The summed E-state index contributed by atoms with van der Waals surface area (Å²) in [5, 5.41) is 18.2. The molecule has 1 aromatic heterocycles. The van der Waals surface area contributed by atoms with Crippen molar-refractivity contribution in [2.45, 2.75) is 45.3 Å². The first kappa shape index (κ1) is 15.2. The van der Waals surface area contributed by atoms with E-state index in [4.69, 9.17) is 0 Å². The van der Waals surface area contributed by atoms with Gasteiger partial charge in [-0.1, -0.05) is 18.2 Å². The molecule has 0 unspecified atom stereocenters. The number of hydrogen-bond acceptors (Lipinski definition) is 3. The molecule has 2 heterocycles. The Morgan fingerprint density at radius 1 is 1.17 bits per heavy atom. The van der Waals surface area contributed by atoms with Crippen molar-refractivity contribution in [2.75, 3.05) is 0 Å². The second-order valence-corrected chi connectivity index (χ2v) is 7.05. The highest BCUT2D eigenvalue weighted by Crippen LogP contribution is 2.41. The zero-order valence-corrected chi connectivity index (χ0v) is 14.3. The molecule has 2 N–H and O–H groups in total. The molecule has 1 aliphatic heterocycles. The van der Waals surface area contributed by atoms with Gasteiger partial charge in [-0.3, -0.25) is 10.00 Å². The van der Waals surface area contributed by atoms with E-state index in [2.05, 4.69) is 48.0 Å². The fourth-order valence-corrected chi connectivity index (χ4v) is 4.21. The number of aromatic hydroxyl groups is 1. The highest BCUT2D eigenvalue weighted by Gasteiger charge is 2.35. The van der Waals surface area contributed by atoms with Crippen molar-refractivity contribution in [3.8, 4) is 5.75 Å². The maximum atomic E-state index is 9.66. The Labute approximate surface area is 142 Å². The molecule has 4 nitrogen and oxygen atoms in total. The predicted molar refractivity (Wildman–Crippen MR) is 96.2 cm³/mol. The molecule has 4 heteroatoms. The van der Waals surface area contributed by atoms with Gasteiger partial charge < -0.3 is 5.11 Å². The molecule has 0 fully saturated rings. The zero-order valence-electron chi connectivity index (χ0n) is 14.3. The normalized spacial score (nSPS) is 21.3. The molecule has 0 radical (unpaired) electrons. The van der Waals surface area contributed by atoms with Crippen LogP contribution in [0.25, 0.3) is 10.9 Å².